The zero-order chi connectivity index (χ0) is 25.1. The molecule has 0 aromatic heterocycles. The quantitative estimate of drug-likeness (QED) is 0.460. The maximum absolute atomic E-state index is 13.0. The number of rotatable bonds is 8. The molecule has 2 aromatic rings. The van der Waals surface area contributed by atoms with E-state index in [1.54, 1.807) is 12.1 Å². The summed E-state index contributed by atoms with van der Waals surface area (Å²) < 4.78 is 6.04. The van der Waals surface area contributed by atoms with Gasteiger partial charge in [0.05, 0.1) is 11.1 Å². The van der Waals surface area contributed by atoms with Gasteiger partial charge in [-0.2, -0.15) is 5.06 Å². The van der Waals surface area contributed by atoms with Crippen LogP contribution < -0.4 is 0 Å². The Morgan fingerprint density at radius 1 is 1.06 bits per heavy atom. The van der Waals surface area contributed by atoms with E-state index < -0.39 is 11.9 Å². The second kappa shape index (κ2) is 10.3. The topological polar surface area (TPSA) is 76.1 Å². The van der Waals surface area contributed by atoms with Crippen molar-refractivity contribution in [2.75, 3.05) is 0 Å². The number of esters is 1. The van der Waals surface area contributed by atoms with Gasteiger partial charge in [-0.3, -0.25) is 4.84 Å². The van der Waals surface area contributed by atoms with Crippen LogP contribution in [0.4, 0.5) is 0 Å². The molecule has 6 nitrogen and oxygen atoms in total. The number of ether oxygens (including phenoxy) is 1. The number of aromatic carboxylic acids is 1. The molecular formula is C28H37NO5. The first-order valence-electron chi connectivity index (χ1n) is 12.1. The van der Waals surface area contributed by atoms with E-state index in [0.29, 0.717) is 6.42 Å². The van der Waals surface area contributed by atoms with Gasteiger partial charge in [0.15, 0.2) is 0 Å². The van der Waals surface area contributed by atoms with Gasteiger partial charge in [-0.25, -0.2) is 9.59 Å². The number of carbonyl (C=O) groups excluding carboxylic acids is 1. The van der Waals surface area contributed by atoms with Gasteiger partial charge in [-0.15, -0.1) is 0 Å². The first-order chi connectivity index (χ1) is 16.1. The highest BCUT2D eigenvalue weighted by atomic mass is 16.7. The summed E-state index contributed by atoms with van der Waals surface area (Å²) in [5.41, 5.74) is 0.699. The first kappa shape index (κ1) is 25.9. The molecule has 0 bridgehead atoms. The zero-order valence-electron chi connectivity index (χ0n) is 21.1. The highest BCUT2D eigenvalue weighted by molar-refractivity contribution is 5.94. The fraction of sp³-hybridized carbons (Fsp3) is 0.500. The third-order valence-electron chi connectivity index (χ3n) is 7.75. The largest absolute Gasteiger partial charge is 0.478 e. The van der Waals surface area contributed by atoms with Crippen LogP contribution in [0.5, 0.6) is 0 Å². The third-order valence-corrected chi connectivity index (χ3v) is 7.75. The van der Waals surface area contributed by atoms with Gasteiger partial charge in [-0.1, -0.05) is 57.2 Å². The smallest absolute Gasteiger partial charge is 0.338 e. The number of hydrogen-bond donors (Lipinski definition) is 1. The summed E-state index contributed by atoms with van der Waals surface area (Å²) in [6, 6.07) is 16.2. The number of hydrogen-bond acceptors (Lipinski definition) is 5. The summed E-state index contributed by atoms with van der Waals surface area (Å²) in [4.78, 5) is 31.0. The van der Waals surface area contributed by atoms with Crippen molar-refractivity contribution in [3.05, 3.63) is 71.3 Å². The predicted octanol–water partition coefficient (Wildman–Crippen LogP) is 6.28. The van der Waals surface area contributed by atoms with Crippen molar-refractivity contribution in [1.29, 1.82) is 0 Å². The number of hydroxylamine groups is 2. The second-order valence-electron chi connectivity index (χ2n) is 9.84. The molecule has 0 saturated carbocycles. The van der Waals surface area contributed by atoms with E-state index in [-0.39, 0.29) is 40.3 Å². The van der Waals surface area contributed by atoms with Crippen molar-refractivity contribution in [2.24, 2.45) is 5.92 Å². The van der Waals surface area contributed by atoms with Crippen molar-refractivity contribution < 1.29 is 24.3 Å². The van der Waals surface area contributed by atoms with Gasteiger partial charge in [0.25, 0.3) is 0 Å². The van der Waals surface area contributed by atoms with Crippen LogP contribution in [-0.4, -0.2) is 39.3 Å². The molecule has 5 unspecified atom stereocenters. The summed E-state index contributed by atoms with van der Waals surface area (Å²) in [5.74, 6) is -1.58. The van der Waals surface area contributed by atoms with E-state index in [1.807, 2.05) is 18.2 Å². The molecule has 0 amide bonds. The highest BCUT2D eigenvalue weighted by Gasteiger charge is 2.55. The number of carbonyl (C=O) groups is 2. The van der Waals surface area contributed by atoms with Gasteiger partial charge in [0.1, 0.15) is 12.2 Å². The molecule has 6 heteroatoms. The summed E-state index contributed by atoms with van der Waals surface area (Å²) in [5, 5.41) is 11.4. The lowest BCUT2D eigenvalue weighted by Gasteiger charge is -2.59. The molecule has 5 atom stereocenters. The Hall–Kier alpha value is -2.70. The van der Waals surface area contributed by atoms with E-state index in [4.69, 9.17) is 9.57 Å². The Morgan fingerprint density at radius 2 is 1.71 bits per heavy atom. The highest BCUT2D eigenvalue weighted by Crippen LogP contribution is 2.48. The summed E-state index contributed by atoms with van der Waals surface area (Å²) >= 11 is 0. The van der Waals surface area contributed by atoms with Crippen LogP contribution in [0.3, 0.4) is 0 Å². The van der Waals surface area contributed by atoms with Crippen molar-refractivity contribution >= 4 is 11.9 Å². The SMILES string of the molecule is CCC1(C)CC(OC(=O)c2cccc(C(=O)O)c2)C(C)C(C)(CC)N1OC(C)c1ccccc1. The number of carboxylic acids is 1. The van der Waals surface area contributed by atoms with Crippen LogP contribution in [0.2, 0.25) is 0 Å². The lowest BCUT2D eigenvalue weighted by molar-refractivity contribution is -0.335. The average Bonchev–Trinajstić information content (AvgIpc) is 2.85. The van der Waals surface area contributed by atoms with Gasteiger partial charge in [0, 0.05) is 23.4 Å². The van der Waals surface area contributed by atoms with Crippen LogP contribution in [0.1, 0.15) is 93.2 Å². The van der Waals surface area contributed by atoms with E-state index in [1.165, 1.54) is 12.1 Å². The first-order valence-corrected chi connectivity index (χ1v) is 12.1. The standard InChI is InChI=1S/C28H37NO5/c1-7-27(5)18-24(33-26(32)23-16-12-15-22(17-23)25(30)31)19(3)28(6,8-2)29(27)34-20(4)21-13-10-9-11-14-21/h9-17,19-20,24H,7-8,18H2,1-6H3,(H,30,31). The number of piperidine rings is 1. The number of nitrogens with zero attached hydrogens (tertiary/aromatic N) is 1. The average molecular weight is 468 g/mol. The molecule has 1 saturated heterocycles. The Kier molecular flexibility index (Phi) is 7.84. The summed E-state index contributed by atoms with van der Waals surface area (Å²) in [6.45, 7) is 12.8. The van der Waals surface area contributed by atoms with Crippen LogP contribution in [0.25, 0.3) is 0 Å². The normalized spacial score (nSPS) is 28.3. The molecule has 184 valence electrons. The van der Waals surface area contributed by atoms with Crippen LogP contribution in [-0.2, 0) is 9.57 Å². The Morgan fingerprint density at radius 3 is 2.29 bits per heavy atom. The van der Waals surface area contributed by atoms with Crippen molar-refractivity contribution in [2.45, 2.75) is 84.1 Å². The maximum atomic E-state index is 13.0. The van der Waals surface area contributed by atoms with E-state index in [0.717, 1.165) is 18.4 Å². The Labute approximate surface area is 202 Å². The Bertz CT molecular complexity index is 1010. The molecule has 1 aliphatic heterocycles. The second-order valence-corrected chi connectivity index (χ2v) is 9.84. The maximum Gasteiger partial charge on any atom is 0.338 e. The van der Waals surface area contributed by atoms with Crippen molar-refractivity contribution in [3.8, 4) is 0 Å². The van der Waals surface area contributed by atoms with Crippen molar-refractivity contribution in [1.82, 2.24) is 5.06 Å². The van der Waals surface area contributed by atoms with Crippen LogP contribution >= 0.6 is 0 Å². The molecule has 0 spiro atoms. The molecule has 1 N–H and O–H groups in total. The summed E-state index contributed by atoms with van der Waals surface area (Å²) in [7, 11) is 0. The van der Waals surface area contributed by atoms with Crippen LogP contribution in [0.15, 0.2) is 54.6 Å². The monoisotopic (exact) mass is 467 g/mol. The van der Waals surface area contributed by atoms with E-state index in [2.05, 4.69) is 58.7 Å². The Balaban J connectivity index is 1.87. The molecular weight excluding hydrogens is 430 g/mol. The summed E-state index contributed by atoms with van der Waals surface area (Å²) in [6.07, 6.45) is 1.80. The minimum atomic E-state index is -1.07. The lowest BCUT2D eigenvalue weighted by atomic mass is 9.69. The predicted molar refractivity (Wildman–Crippen MR) is 132 cm³/mol. The van der Waals surface area contributed by atoms with Gasteiger partial charge < -0.3 is 9.84 Å². The van der Waals surface area contributed by atoms with E-state index >= 15 is 0 Å². The molecule has 1 fully saturated rings. The van der Waals surface area contributed by atoms with Gasteiger partial charge >= 0.3 is 11.9 Å². The van der Waals surface area contributed by atoms with Gasteiger partial charge in [0.2, 0.25) is 0 Å². The lowest BCUT2D eigenvalue weighted by Crippen LogP contribution is -2.68. The van der Waals surface area contributed by atoms with Crippen molar-refractivity contribution in [3.63, 3.8) is 0 Å². The van der Waals surface area contributed by atoms with E-state index in [9.17, 15) is 14.7 Å². The van der Waals surface area contributed by atoms with Crippen LogP contribution in [0, 0.1) is 5.92 Å². The molecule has 0 aliphatic carbocycles. The molecule has 34 heavy (non-hydrogen) atoms. The molecule has 1 heterocycles. The zero-order valence-corrected chi connectivity index (χ0v) is 21.1. The fourth-order valence-corrected chi connectivity index (χ4v) is 4.97. The molecule has 3 rings (SSSR count). The molecule has 2 aromatic carbocycles. The minimum Gasteiger partial charge on any atom is -0.478 e. The van der Waals surface area contributed by atoms with Gasteiger partial charge in [-0.05, 0) is 57.4 Å². The minimum absolute atomic E-state index is 0.00768. The number of carboxylic acid groups (broad SMARTS) is 1. The molecule has 0 radical (unpaired) electrons. The molecule has 1 aliphatic rings. The number of benzene rings is 2. The third kappa shape index (κ3) is 5.03. The fourth-order valence-electron chi connectivity index (χ4n) is 4.97.